The molecular formula is C15H12FNO2. The Hall–Kier alpha value is -2.54. The largest absolute Gasteiger partial charge is 0.459 e. The Labute approximate surface area is 110 Å². The monoisotopic (exact) mass is 257 g/mol. The van der Waals surface area contributed by atoms with Crippen molar-refractivity contribution in [2.75, 3.05) is 6.54 Å². The third kappa shape index (κ3) is 3.46. The molecule has 4 heteroatoms. The van der Waals surface area contributed by atoms with Gasteiger partial charge < -0.3 is 9.73 Å². The van der Waals surface area contributed by atoms with Gasteiger partial charge in [-0.15, -0.1) is 0 Å². The molecule has 0 saturated heterocycles. The molecule has 2 rings (SSSR count). The molecule has 1 N–H and O–H groups in total. The van der Waals surface area contributed by atoms with Crippen LogP contribution in [0.2, 0.25) is 0 Å². The first-order valence-corrected chi connectivity index (χ1v) is 5.73. The van der Waals surface area contributed by atoms with Gasteiger partial charge >= 0.3 is 0 Å². The molecule has 1 heterocycles. The maximum atomic E-state index is 12.9. The maximum absolute atomic E-state index is 12.9. The summed E-state index contributed by atoms with van der Waals surface area (Å²) < 4.78 is 17.9. The van der Waals surface area contributed by atoms with Crippen molar-refractivity contribution in [1.29, 1.82) is 0 Å². The van der Waals surface area contributed by atoms with Crippen molar-refractivity contribution in [3.8, 4) is 11.8 Å². The van der Waals surface area contributed by atoms with Crippen LogP contribution >= 0.6 is 0 Å². The Bertz CT molecular complexity index is 649. The van der Waals surface area contributed by atoms with Crippen LogP contribution in [-0.4, -0.2) is 12.5 Å². The van der Waals surface area contributed by atoms with E-state index in [0.29, 0.717) is 5.56 Å². The van der Waals surface area contributed by atoms with E-state index in [2.05, 4.69) is 17.2 Å². The number of furan rings is 1. The first-order valence-electron chi connectivity index (χ1n) is 5.73. The van der Waals surface area contributed by atoms with Gasteiger partial charge in [-0.25, -0.2) is 4.39 Å². The van der Waals surface area contributed by atoms with Crippen molar-refractivity contribution in [3.63, 3.8) is 0 Å². The normalized spacial score (nSPS) is 9.58. The van der Waals surface area contributed by atoms with E-state index in [1.807, 2.05) is 0 Å². The lowest BCUT2D eigenvalue weighted by atomic mass is 10.2. The number of aryl methyl sites for hydroxylation is 1. The Balaban J connectivity index is 1.91. The van der Waals surface area contributed by atoms with Crippen molar-refractivity contribution in [1.82, 2.24) is 5.32 Å². The molecule has 0 spiro atoms. The van der Waals surface area contributed by atoms with E-state index in [1.165, 1.54) is 18.4 Å². The molecule has 0 radical (unpaired) electrons. The van der Waals surface area contributed by atoms with Gasteiger partial charge in [-0.3, -0.25) is 4.79 Å². The van der Waals surface area contributed by atoms with Gasteiger partial charge in [0.25, 0.3) is 5.91 Å². The standard InChI is InChI=1S/C15H12FNO2/c1-11-7-9-19-14(11)15(18)17-8-3-5-12-4-2-6-13(16)10-12/h2,4,6-7,9-10H,8H2,1H3,(H,17,18). The Kier molecular flexibility index (Phi) is 3.99. The first-order chi connectivity index (χ1) is 9.16. The minimum atomic E-state index is -0.331. The lowest BCUT2D eigenvalue weighted by Crippen LogP contribution is -2.23. The van der Waals surface area contributed by atoms with E-state index in [-0.39, 0.29) is 24.0 Å². The fourth-order valence-electron chi connectivity index (χ4n) is 1.52. The molecule has 2 aromatic rings. The van der Waals surface area contributed by atoms with E-state index in [4.69, 9.17) is 4.42 Å². The fourth-order valence-corrected chi connectivity index (χ4v) is 1.52. The topological polar surface area (TPSA) is 42.2 Å². The fraction of sp³-hybridized carbons (Fsp3) is 0.133. The summed E-state index contributed by atoms with van der Waals surface area (Å²) in [6, 6.07) is 7.70. The predicted molar refractivity (Wildman–Crippen MR) is 69.1 cm³/mol. The highest BCUT2D eigenvalue weighted by Gasteiger charge is 2.10. The van der Waals surface area contributed by atoms with E-state index >= 15 is 0 Å². The van der Waals surface area contributed by atoms with Crippen molar-refractivity contribution in [3.05, 3.63) is 59.3 Å². The third-order valence-corrected chi connectivity index (χ3v) is 2.46. The number of carbonyl (C=O) groups is 1. The van der Waals surface area contributed by atoms with Crippen LogP contribution in [0.15, 0.2) is 41.0 Å². The zero-order valence-electron chi connectivity index (χ0n) is 10.4. The van der Waals surface area contributed by atoms with Crippen molar-refractivity contribution >= 4 is 5.91 Å². The SMILES string of the molecule is Cc1ccoc1C(=O)NCC#Cc1cccc(F)c1. The molecular weight excluding hydrogens is 245 g/mol. The van der Waals surface area contributed by atoms with Gasteiger partial charge in [0.05, 0.1) is 12.8 Å². The second-order valence-electron chi connectivity index (χ2n) is 3.93. The Morgan fingerprint density at radius 3 is 2.95 bits per heavy atom. The van der Waals surface area contributed by atoms with Crippen LogP contribution < -0.4 is 5.32 Å². The van der Waals surface area contributed by atoms with Crippen LogP contribution in [0.3, 0.4) is 0 Å². The molecule has 3 nitrogen and oxygen atoms in total. The summed E-state index contributed by atoms with van der Waals surface area (Å²) in [6.45, 7) is 1.96. The molecule has 0 saturated carbocycles. The lowest BCUT2D eigenvalue weighted by Gasteiger charge is -1.98. The third-order valence-electron chi connectivity index (χ3n) is 2.46. The lowest BCUT2D eigenvalue weighted by molar-refractivity contribution is 0.0930. The summed E-state index contributed by atoms with van der Waals surface area (Å²) in [5.41, 5.74) is 1.35. The van der Waals surface area contributed by atoms with Crippen molar-refractivity contribution < 1.29 is 13.6 Å². The summed E-state index contributed by atoms with van der Waals surface area (Å²) in [4.78, 5) is 11.7. The summed E-state index contributed by atoms with van der Waals surface area (Å²) in [6.07, 6.45) is 1.46. The molecule has 0 aliphatic carbocycles. The van der Waals surface area contributed by atoms with Crippen LogP contribution in [0.4, 0.5) is 4.39 Å². The smallest absolute Gasteiger partial charge is 0.288 e. The van der Waals surface area contributed by atoms with Gasteiger partial charge in [0.2, 0.25) is 0 Å². The van der Waals surface area contributed by atoms with E-state index in [9.17, 15) is 9.18 Å². The van der Waals surface area contributed by atoms with Crippen molar-refractivity contribution in [2.24, 2.45) is 0 Å². The Morgan fingerprint density at radius 2 is 2.26 bits per heavy atom. The minimum Gasteiger partial charge on any atom is -0.459 e. The van der Waals surface area contributed by atoms with Gasteiger partial charge in [-0.1, -0.05) is 17.9 Å². The highest BCUT2D eigenvalue weighted by atomic mass is 19.1. The van der Waals surface area contributed by atoms with Crippen LogP contribution in [0, 0.1) is 24.6 Å². The average molecular weight is 257 g/mol. The number of hydrogen-bond acceptors (Lipinski definition) is 2. The molecule has 1 aromatic carbocycles. The highest BCUT2D eigenvalue weighted by molar-refractivity contribution is 5.92. The minimum absolute atomic E-state index is 0.176. The second-order valence-corrected chi connectivity index (χ2v) is 3.93. The summed E-state index contributed by atoms with van der Waals surface area (Å²) >= 11 is 0. The summed E-state index contributed by atoms with van der Waals surface area (Å²) in [5, 5.41) is 2.61. The number of amides is 1. The van der Waals surface area contributed by atoms with Crippen molar-refractivity contribution in [2.45, 2.75) is 6.92 Å². The molecule has 0 atom stereocenters. The highest BCUT2D eigenvalue weighted by Crippen LogP contribution is 2.07. The number of hydrogen-bond donors (Lipinski definition) is 1. The van der Waals surface area contributed by atoms with E-state index in [0.717, 1.165) is 5.56 Å². The number of carbonyl (C=O) groups excluding carboxylic acids is 1. The zero-order valence-corrected chi connectivity index (χ0v) is 10.4. The molecule has 1 aromatic heterocycles. The second kappa shape index (κ2) is 5.87. The molecule has 19 heavy (non-hydrogen) atoms. The van der Waals surface area contributed by atoms with Gasteiger partial charge in [0.1, 0.15) is 5.82 Å². The molecule has 1 amide bonds. The van der Waals surface area contributed by atoms with Gasteiger partial charge in [0.15, 0.2) is 5.76 Å². The number of nitrogens with one attached hydrogen (secondary N) is 1. The zero-order chi connectivity index (χ0) is 13.7. The van der Waals surface area contributed by atoms with Gasteiger partial charge in [-0.2, -0.15) is 0 Å². The Morgan fingerprint density at radius 1 is 1.42 bits per heavy atom. The van der Waals surface area contributed by atoms with Gasteiger partial charge in [-0.05, 0) is 31.2 Å². The average Bonchev–Trinajstić information content (AvgIpc) is 2.81. The van der Waals surface area contributed by atoms with Crippen LogP contribution in [0.25, 0.3) is 0 Å². The van der Waals surface area contributed by atoms with Crippen LogP contribution in [0.5, 0.6) is 0 Å². The van der Waals surface area contributed by atoms with Crippen LogP contribution in [-0.2, 0) is 0 Å². The number of rotatable bonds is 2. The first kappa shape index (κ1) is 12.9. The van der Waals surface area contributed by atoms with E-state index < -0.39 is 0 Å². The molecule has 0 unspecified atom stereocenters. The van der Waals surface area contributed by atoms with E-state index in [1.54, 1.807) is 25.1 Å². The molecule has 0 bridgehead atoms. The van der Waals surface area contributed by atoms with Crippen LogP contribution in [0.1, 0.15) is 21.7 Å². The molecule has 0 fully saturated rings. The number of benzene rings is 1. The summed E-state index contributed by atoms with van der Waals surface area (Å²) in [7, 11) is 0. The molecule has 96 valence electrons. The van der Waals surface area contributed by atoms with Gasteiger partial charge in [0, 0.05) is 11.1 Å². The molecule has 0 aliphatic heterocycles. The maximum Gasteiger partial charge on any atom is 0.288 e. The summed E-state index contributed by atoms with van der Waals surface area (Å²) in [5.74, 6) is 5.16. The predicted octanol–water partition coefficient (Wildman–Crippen LogP) is 2.51. The molecule has 0 aliphatic rings. The number of halogens is 1. The quantitative estimate of drug-likeness (QED) is 0.840.